The quantitative estimate of drug-likeness (QED) is 0.532. The van der Waals surface area contributed by atoms with Crippen LogP contribution in [0.1, 0.15) is 33.9 Å². The molecule has 0 fully saturated rings. The number of aromatic nitrogens is 4. The monoisotopic (exact) mass is 404 g/mol. The summed E-state index contributed by atoms with van der Waals surface area (Å²) in [5.41, 5.74) is 4.85. The number of rotatable bonds is 0. The van der Waals surface area contributed by atoms with Gasteiger partial charge >= 0.3 is 0 Å². The third-order valence-electron chi connectivity index (χ3n) is 5.26. The fraction of sp³-hybridized carbons (Fsp3) is 0.238. The summed E-state index contributed by atoms with van der Waals surface area (Å²) < 4.78 is 5.85. The van der Waals surface area contributed by atoms with Crippen LogP contribution in [0.2, 0.25) is 0 Å². The van der Waals surface area contributed by atoms with Gasteiger partial charge in [-0.15, -0.1) is 0 Å². The minimum absolute atomic E-state index is 0.122. The lowest BCUT2D eigenvalue weighted by Gasteiger charge is -2.17. The number of amides is 2. The molecule has 3 aromatic heterocycles. The lowest BCUT2D eigenvalue weighted by atomic mass is 10.1. The van der Waals surface area contributed by atoms with E-state index in [1.165, 1.54) is 0 Å². The maximum atomic E-state index is 13.0. The van der Waals surface area contributed by atoms with Gasteiger partial charge in [-0.1, -0.05) is 0 Å². The Labute approximate surface area is 172 Å². The summed E-state index contributed by atoms with van der Waals surface area (Å²) in [7, 11) is 1.76. The van der Waals surface area contributed by atoms with Gasteiger partial charge < -0.3 is 19.9 Å². The molecule has 0 unspecified atom stereocenters. The molecule has 2 bridgehead atoms. The second-order valence-electron chi connectivity index (χ2n) is 7.43. The first-order chi connectivity index (χ1) is 14.5. The number of ether oxygens (including phenoxy) is 1. The summed E-state index contributed by atoms with van der Waals surface area (Å²) in [6.45, 7) is 2.82. The van der Waals surface area contributed by atoms with Crippen molar-refractivity contribution in [3.63, 3.8) is 0 Å². The molecule has 0 aliphatic carbocycles. The van der Waals surface area contributed by atoms with Crippen LogP contribution in [-0.2, 0) is 4.79 Å². The number of nitrogens with one attached hydrogen (secondary N) is 3. The number of fused-ring (bicyclic) bond motifs is 4. The lowest BCUT2D eigenvalue weighted by molar-refractivity contribution is -0.110. The number of anilines is 1. The molecule has 0 saturated carbocycles. The summed E-state index contributed by atoms with van der Waals surface area (Å²) in [6.07, 6.45) is 4.00. The topological polar surface area (TPSA) is 116 Å². The lowest BCUT2D eigenvalue weighted by Crippen LogP contribution is -2.29. The normalized spacial score (nSPS) is 17.8. The molecule has 0 aromatic carbocycles. The molecule has 2 aliphatic rings. The van der Waals surface area contributed by atoms with Crippen molar-refractivity contribution in [3.05, 3.63) is 47.0 Å². The van der Waals surface area contributed by atoms with E-state index in [1.807, 2.05) is 19.1 Å². The Kier molecular flexibility index (Phi) is 4.16. The van der Waals surface area contributed by atoms with Crippen LogP contribution in [0.5, 0.6) is 5.88 Å². The number of aryl methyl sites for hydroxylation is 1. The van der Waals surface area contributed by atoms with E-state index in [0.29, 0.717) is 64.9 Å². The molecule has 5 rings (SSSR count). The van der Waals surface area contributed by atoms with Gasteiger partial charge in [-0.3, -0.25) is 9.59 Å². The minimum Gasteiger partial charge on any atom is -0.477 e. The zero-order valence-electron chi connectivity index (χ0n) is 16.6. The zero-order chi connectivity index (χ0) is 20.8. The van der Waals surface area contributed by atoms with Gasteiger partial charge in [0.1, 0.15) is 5.69 Å². The first-order valence-corrected chi connectivity index (χ1v) is 9.67. The third kappa shape index (κ3) is 2.95. The molecular formula is C21H20N6O3. The van der Waals surface area contributed by atoms with Crippen LogP contribution in [0.25, 0.3) is 22.9 Å². The minimum atomic E-state index is -0.262. The maximum Gasteiger partial charge on any atom is 0.258 e. The van der Waals surface area contributed by atoms with Gasteiger partial charge in [0.05, 0.1) is 46.6 Å². The van der Waals surface area contributed by atoms with Crippen molar-refractivity contribution in [1.82, 2.24) is 25.1 Å². The number of H-pyrrole nitrogens is 2. The number of nitrogens with zero attached hydrogens (tertiary/aromatic N) is 3. The van der Waals surface area contributed by atoms with E-state index in [-0.39, 0.29) is 11.8 Å². The average molecular weight is 404 g/mol. The molecule has 2 amide bonds. The molecule has 9 nitrogen and oxygen atoms in total. The van der Waals surface area contributed by atoms with Crippen LogP contribution in [0, 0.1) is 6.92 Å². The third-order valence-corrected chi connectivity index (χ3v) is 5.26. The van der Waals surface area contributed by atoms with Gasteiger partial charge in [0.25, 0.3) is 11.8 Å². The van der Waals surface area contributed by atoms with Crippen LogP contribution in [0.3, 0.4) is 0 Å². The number of hydrogen-bond acceptors (Lipinski definition) is 5. The van der Waals surface area contributed by atoms with E-state index in [1.54, 1.807) is 30.3 Å². The Morgan fingerprint density at radius 3 is 2.93 bits per heavy atom. The molecule has 2 aliphatic heterocycles. The van der Waals surface area contributed by atoms with E-state index in [4.69, 9.17) is 9.72 Å². The van der Waals surface area contributed by atoms with Crippen LogP contribution in [-0.4, -0.2) is 57.1 Å². The first-order valence-electron chi connectivity index (χ1n) is 9.67. The number of hydrogen-bond donors (Lipinski definition) is 3. The van der Waals surface area contributed by atoms with Gasteiger partial charge in [0.15, 0.2) is 0 Å². The number of aromatic amines is 2. The summed E-state index contributed by atoms with van der Waals surface area (Å²) in [5, 5.41) is 9.76. The Morgan fingerprint density at radius 2 is 2.07 bits per heavy atom. The number of pyridine rings is 1. The molecule has 5 heterocycles. The van der Waals surface area contributed by atoms with Crippen molar-refractivity contribution in [2.45, 2.75) is 13.3 Å². The maximum absolute atomic E-state index is 13.0. The van der Waals surface area contributed by atoms with E-state index >= 15 is 0 Å². The van der Waals surface area contributed by atoms with Crippen molar-refractivity contribution in [2.24, 2.45) is 0 Å². The van der Waals surface area contributed by atoms with E-state index in [9.17, 15) is 9.59 Å². The Balaban J connectivity index is 1.70. The van der Waals surface area contributed by atoms with Crippen molar-refractivity contribution in [1.29, 1.82) is 0 Å². The highest BCUT2D eigenvalue weighted by atomic mass is 16.5. The van der Waals surface area contributed by atoms with Gasteiger partial charge in [0.2, 0.25) is 5.88 Å². The molecule has 0 radical (unpaired) electrons. The number of carbonyl (C=O) groups is 2. The standard InChI is InChI=1S/C21H20N6O3/c1-11-8-12-17(23-11)9-13-18-16(25-19(13)28)5-4-15(24-18)14-10-22-26-20(14)30-7-3-6-27(2)21(12)29/h4-5,8-10,23H,3,6-7H2,1-2H3,(H,22,26)(H,25,28)/b13-9-. The zero-order valence-corrected chi connectivity index (χ0v) is 16.6. The summed E-state index contributed by atoms with van der Waals surface area (Å²) >= 11 is 0. The largest absolute Gasteiger partial charge is 0.477 e. The predicted octanol–water partition coefficient (Wildman–Crippen LogP) is 2.46. The van der Waals surface area contributed by atoms with Crippen LogP contribution in [0.4, 0.5) is 5.69 Å². The summed E-state index contributed by atoms with van der Waals surface area (Å²) in [6, 6.07) is 5.43. The molecule has 30 heavy (non-hydrogen) atoms. The van der Waals surface area contributed by atoms with Gasteiger partial charge in [0, 0.05) is 19.3 Å². The molecule has 0 spiro atoms. The van der Waals surface area contributed by atoms with Crippen molar-refractivity contribution in [3.8, 4) is 17.1 Å². The second kappa shape index (κ2) is 6.87. The van der Waals surface area contributed by atoms with Gasteiger partial charge in [-0.05, 0) is 37.6 Å². The summed E-state index contributed by atoms with van der Waals surface area (Å²) in [5.74, 6) is 0.125. The second-order valence-corrected chi connectivity index (χ2v) is 7.43. The molecule has 152 valence electrons. The average Bonchev–Trinajstić information content (AvgIpc) is 3.41. The first kappa shape index (κ1) is 18.2. The van der Waals surface area contributed by atoms with Crippen LogP contribution in [0.15, 0.2) is 24.4 Å². The van der Waals surface area contributed by atoms with E-state index in [0.717, 1.165) is 5.69 Å². The van der Waals surface area contributed by atoms with Crippen molar-refractivity contribution < 1.29 is 14.3 Å². The highest BCUT2D eigenvalue weighted by Crippen LogP contribution is 2.36. The molecule has 3 N–H and O–H groups in total. The Morgan fingerprint density at radius 1 is 1.20 bits per heavy atom. The molecule has 0 atom stereocenters. The van der Waals surface area contributed by atoms with Crippen molar-refractivity contribution in [2.75, 3.05) is 25.5 Å². The van der Waals surface area contributed by atoms with Gasteiger partial charge in [-0.25, -0.2) is 10.1 Å². The fourth-order valence-corrected chi connectivity index (χ4v) is 3.74. The van der Waals surface area contributed by atoms with Crippen molar-refractivity contribution >= 4 is 29.2 Å². The fourth-order valence-electron chi connectivity index (χ4n) is 3.74. The number of carbonyl (C=O) groups excluding carboxylic acids is 2. The Hall–Kier alpha value is -3.88. The highest BCUT2D eigenvalue weighted by molar-refractivity contribution is 6.34. The molecule has 9 heteroatoms. The summed E-state index contributed by atoms with van der Waals surface area (Å²) in [4.78, 5) is 35.2. The van der Waals surface area contributed by atoms with E-state index in [2.05, 4.69) is 20.5 Å². The van der Waals surface area contributed by atoms with E-state index < -0.39 is 0 Å². The van der Waals surface area contributed by atoms with Gasteiger partial charge in [-0.2, -0.15) is 5.10 Å². The van der Waals surface area contributed by atoms with Crippen LogP contribution < -0.4 is 10.1 Å². The molecule has 0 saturated heterocycles. The molecule has 3 aromatic rings. The predicted molar refractivity (Wildman–Crippen MR) is 111 cm³/mol. The molecular weight excluding hydrogens is 384 g/mol. The SMILES string of the molecule is Cc1cc2c([nH]1)/C=C1\C(=O)Nc3ccc(nc31)-c1cn[nH]c1OCCCN(C)C2=O. The smallest absolute Gasteiger partial charge is 0.258 e. The highest BCUT2D eigenvalue weighted by Gasteiger charge is 2.28. The van der Waals surface area contributed by atoms with Crippen LogP contribution >= 0.6 is 0 Å². The Bertz CT molecular complexity index is 1210.